The van der Waals surface area contributed by atoms with Gasteiger partial charge in [0, 0.05) is 19.3 Å². The Morgan fingerprint density at radius 1 is 1.40 bits per heavy atom. The van der Waals surface area contributed by atoms with Gasteiger partial charge in [-0.15, -0.1) is 13.2 Å². The van der Waals surface area contributed by atoms with E-state index in [1.165, 1.54) is 24.1 Å². The van der Waals surface area contributed by atoms with Crippen LogP contribution in [0.15, 0.2) is 24.3 Å². The van der Waals surface area contributed by atoms with Crippen LogP contribution in [0.5, 0.6) is 5.75 Å². The number of nitrogens with one attached hydrogen (secondary N) is 1. The lowest BCUT2D eigenvalue weighted by Crippen LogP contribution is -2.31. The van der Waals surface area contributed by atoms with Gasteiger partial charge in [0.05, 0.1) is 12.5 Å². The van der Waals surface area contributed by atoms with Crippen LogP contribution in [0.1, 0.15) is 6.42 Å². The molecule has 1 rings (SSSR count). The smallest absolute Gasteiger partial charge is 0.406 e. The van der Waals surface area contributed by atoms with Crippen LogP contribution in [0.4, 0.5) is 23.7 Å². The summed E-state index contributed by atoms with van der Waals surface area (Å²) < 4.78 is 39.6. The lowest BCUT2D eigenvalue weighted by molar-refractivity contribution is -0.274. The number of nitrogens with zero attached hydrogens (tertiary/aromatic N) is 2. The number of amides is 2. The van der Waals surface area contributed by atoms with Crippen LogP contribution < -0.4 is 10.1 Å². The van der Waals surface area contributed by atoms with Crippen molar-refractivity contribution in [3.05, 3.63) is 24.3 Å². The summed E-state index contributed by atoms with van der Waals surface area (Å²) in [6.45, 7) is 0.262. The lowest BCUT2D eigenvalue weighted by Gasteiger charge is -2.16. The highest BCUT2D eigenvalue weighted by atomic mass is 19.4. The molecule has 0 bridgehead atoms. The quantitative estimate of drug-likeness (QED) is 0.925. The molecule has 1 aromatic carbocycles. The first-order valence-corrected chi connectivity index (χ1v) is 5.56. The van der Waals surface area contributed by atoms with Crippen LogP contribution in [0, 0.1) is 11.3 Å². The van der Waals surface area contributed by atoms with Gasteiger partial charge in [-0.25, -0.2) is 4.79 Å². The van der Waals surface area contributed by atoms with E-state index in [9.17, 15) is 18.0 Å². The average Bonchev–Trinajstić information content (AvgIpc) is 2.36. The number of carbonyl (C=O) groups is 1. The van der Waals surface area contributed by atoms with Gasteiger partial charge in [-0.1, -0.05) is 0 Å². The van der Waals surface area contributed by atoms with Crippen molar-refractivity contribution in [3.63, 3.8) is 0 Å². The molecule has 0 radical (unpaired) electrons. The normalized spacial score (nSPS) is 10.6. The van der Waals surface area contributed by atoms with Crippen molar-refractivity contribution >= 4 is 11.7 Å². The number of carbonyl (C=O) groups excluding carboxylic acids is 1. The number of hydrogen-bond acceptors (Lipinski definition) is 3. The van der Waals surface area contributed by atoms with Gasteiger partial charge in [0.15, 0.2) is 0 Å². The molecule has 20 heavy (non-hydrogen) atoms. The van der Waals surface area contributed by atoms with E-state index in [1.54, 1.807) is 0 Å². The van der Waals surface area contributed by atoms with Crippen molar-refractivity contribution in [3.8, 4) is 11.8 Å². The van der Waals surface area contributed by atoms with E-state index < -0.39 is 12.4 Å². The molecule has 0 aliphatic heterocycles. The molecule has 0 aliphatic carbocycles. The lowest BCUT2D eigenvalue weighted by atomic mass is 10.3. The molecule has 0 aliphatic rings. The summed E-state index contributed by atoms with van der Waals surface area (Å²) in [7, 11) is 1.51. The Morgan fingerprint density at radius 2 is 2.00 bits per heavy atom. The second kappa shape index (κ2) is 6.65. The fourth-order valence-corrected chi connectivity index (χ4v) is 1.28. The van der Waals surface area contributed by atoms with Gasteiger partial charge in [0.25, 0.3) is 0 Å². The van der Waals surface area contributed by atoms with Crippen LogP contribution in [0.2, 0.25) is 0 Å². The van der Waals surface area contributed by atoms with Gasteiger partial charge in [-0.3, -0.25) is 0 Å². The number of benzene rings is 1. The Hall–Kier alpha value is -2.43. The molecule has 0 saturated carbocycles. The third kappa shape index (κ3) is 5.48. The van der Waals surface area contributed by atoms with Gasteiger partial charge >= 0.3 is 12.4 Å². The monoisotopic (exact) mass is 287 g/mol. The summed E-state index contributed by atoms with van der Waals surface area (Å²) in [5, 5.41) is 10.9. The van der Waals surface area contributed by atoms with Crippen LogP contribution >= 0.6 is 0 Å². The van der Waals surface area contributed by atoms with Crippen molar-refractivity contribution in [1.29, 1.82) is 5.26 Å². The maximum Gasteiger partial charge on any atom is 0.573 e. The van der Waals surface area contributed by atoms with Gasteiger partial charge in [-0.05, 0) is 24.3 Å². The Kier molecular flexibility index (Phi) is 5.20. The maximum absolute atomic E-state index is 12.0. The Morgan fingerprint density at radius 3 is 2.50 bits per heavy atom. The zero-order chi connectivity index (χ0) is 15.2. The minimum absolute atomic E-state index is 0.197. The van der Waals surface area contributed by atoms with E-state index >= 15 is 0 Å². The van der Waals surface area contributed by atoms with Crippen LogP contribution in [-0.2, 0) is 0 Å². The number of nitriles is 1. The van der Waals surface area contributed by atoms with E-state index in [-0.39, 0.29) is 18.7 Å². The fourth-order valence-electron chi connectivity index (χ4n) is 1.28. The zero-order valence-electron chi connectivity index (χ0n) is 10.6. The minimum Gasteiger partial charge on any atom is -0.406 e. The number of halogens is 3. The number of hydrogen-bond donors (Lipinski definition) is 1. The summed E-state index contributed by atoms with van der Waals surface area (Å²) in [5.41, 5.74) is 0.327. The number of anilines is 1. The largest absolute Gasteiger partial charge is 0.573 e. The molecule has 5 nitrogen and oxygen atoms in total. The number of ether oxygens (including phenoxy) is 1. The van der Waals surface area contributed by atoms with Crippen LogP contribution in [0.25, 0.3) is 0 Å². The Balaban J connectivity index is 2.57. The average molecular weight is 287 g/mol. The van der Waals surface area contributed by atoms with Crippen molar-refractivity contribution < 1.29 is 22.7 Å². The van der Waals surface area contributed by atoms with E-state index in [4.69, 9.17) is 5.26 Å². The van der Waals surface area contributed by atoms with Crippen molar-refractivity contribution in [2.24, 2.45) is 0 Å². The molecule has 0 fully saturated rings. The molecule has 8 heteroatoms. The summed E-state index contributed by atoms with van der Waals surface area (Å²) in [6.07, 6.45) is -4.55. The summed E-state index contributed by atoms with van der Waals surface area (Å²) in [4.78, 5) is 12.9. The Bertz CT molecular complexity index is 494. The number of alkyl halides is 3. The molecule has 0 heterocycles. The molecule has 0 aromatic heterocycles. The second-order valence-electron chi connectivity index (χ2n) is 3.83. The maximum atomic E-state index is 12.0. The highest BCUT2D eigenvalue weighted by Gasteiger charge is 2.30. The molecule has 0 spiro atoms. The van der Waals surface area contributed by atoms with E-state index in [0.717, 1.165) is 12.1 Å². The highest BCUT2D eigenvalue weighted by molar-refractivity contribution is 5.89. The number of urea groups is 1. The van der Waals surface area contributed by atoms with Gasteiger partial charge in [0.1, 0.15) is 5.75 Å². The predicted octanol–water partition coefficient (Wildman–Crippen LogP) is 2.96. The number of rotatable bonds is 4. The molecular weight excluding hydrogens is 275 g/mol. The first-order chi connectivity index (χ1) is 9.31. The third-order valence-electron chi connectivity index (χ3n) is 2.24. The summed E-state index contributed by atoms with van der Waals surface area (Å²) in [5.74, 6) is -0.367. The Labute approximate surface area is 113 Å². The molecule has 0 saturated heterocycles. The third-order valence-corrected chi connectivity index (χ3v) is 2.24. The first-order valence-electron chi connectivity index (χ1n) is 5.56. The summed E-state index contributed by atoms with van der Waals surface area (Å²) >= 11 is 0. The molecular formula is C12H12F3N3O2. The fraction of sp³-hybridized carbons (Fsp3) is 0.333. The molecule has 108 valence electrons. The van der Waals surface area contributed by atoms with Crippen molar-refractivity contribution in [2.45, 2.75) is 12.8 Å². The standard InChI is InChI=1S/C12H12F3N3O2/c1-18(8-2-7-16)11(19)17-9-3-5-10(6-4-9)20-12(13,14)15/h3-6H,2,8H2,1H3,(H,17,19). The van der Waals surface area contributed by atoms with Crippen molar-refractivity contribution in [2.75, 3.05) is 18.9 Å². The summed E-state index contributed by atoms with van der Waals surface area (Å²) in [6, 6.07) is 6.22. The SMILES string of the molecule is CN(CCC#N)C(=O)Nc1ccc(OC(F)(F)F)cc1. The molecule has 1 aromatic rings. The van der Waals surface area contributed by atoms with Gasteiger partial charge in [-0.2, -0.15) is 5.26 Å². The van der Waals surface area contributed by atoms with E-state index in [0.29, 0.717) is 5.69 Å². The van der Waals surface area contributed by atoms with E-state index in [1.807, 2.05) is 6.07 Å². The minimum atomic E-state index is -4.75. The van der Waals surface area contributed by atoms with E-state index in [2.05, 4.69) is 10.1 Å². The molecule has 1 N–H and O–H groups in total. The second-order valence-corrected chi connectivity index (χ2v) is 3.83. The highest BCUT2D eigenvalue weighted by Crippen LogP contribution is 2.23. The zero-order valence-corrected chi connectivity index (χ0v) is 10.6. The van der Waals surface area contributed by atoms with Crippen molar-refractivity contribution in [1.82, 2.24) is 4.90 Å². The topological polar surface area (TPSA) is 65.4 Å². The first kappa shape index (κ1) is 15.6. The molecule has 0 atom stereocenters. The van der Waals surface area contributed by atoms with Crippen LogP contribution in [-0.4, -0.2) is 30.9 Å². The predicted molar refractivity (Wildman–Crippen MR) is 65.0 cm³/mol. The molecule has 0 unspecified atom stereocenters. The van der Waals surface area contributed by atoms with Crippen LogP contribution in [0.3, 0.4) is 0 Å². The molecule has 2 amide bonds. The van der Waals surface area contributed by atoms with Gasteiger partial charge < -0.3 is 15.0 Å². The van der Waals surface area contributed by atoms with Gasteiger partial charge in [0.2, 0.25) is 0 Å².